The van der Waals surface area contributed by atoms with E-state index in [9.17, 15) is 24.0 Å². The average Bonchev–Trinajstić information content (AvgIpc) is 3.07. The van der Waals surface area contributed by atoms with Crippen LogP contribution in [-0.2, 0) is 47.9 Å². The summed E-state index contributed by atoms with van der Waals surface area (Å²) in [6, 6.07) is 24.2. The summed E-state index contributed by atoms with van der Waals surface area (Å²) >= 11 is 4.44. The number of hydrogen-bond acceptors (Lipinski definition) is 8. The van der Waals surface area contributed by atoms with Crippen LogP contribution in [0.1, 0.15) is 65.2 Å². The number of rotatable bonds is 15. The summed E-state index contributed by atoms with van der Waals surface area (Å²) in [5, 5.41) is 8.39. The van der Waals surface area contributed by atoms with Crippen molar-refractivity contribution in [1.82, 2.24) is 20.9 Å². The molecule has 11 nitrogen and oxygen atoms in total. The van der Waals surface area contributed by atoms with E-state index in [1.165, 1.54) is 11.9 Å². The molecule has 3 rings (SSSR count). The third kappa shape index (κ3) is 13.9. The molecule has 3 aromatic rings. The number of nitrogens with one attached hydrogen (secondary N) is 3. The molecule has 0 saturated heterocycles. The molecular weight excluding hydrogens is 693 g/mol. The Balaban J connectivity index is 1.94. The lowest BCUT2D eigenvalue weighted by atomic mass is 9.89. The monoisotopic (exact) mass is 746 g/mol. The smallest absolute Gasteiger partial charge is 0.408 e. The third-order valence-electron chi connectivity index (χ3n) is 8.12. The van der Waals surface area contributed by atoms with Gasteiger partial charge < -0.3 is 30.3 Å². The summed E-state index contributed by atoms with van der Waals surface area (Å²) in [6.45, 7) is 12.0. The van der Waals surface area contributed by atoms with Crippen LogP contribution in [0.5, 0.6) is 0 Å². The molecule has 0 heterocycles. The largest absolute Gasteiger partial charge is 0.458 e. The number of carbonyl (C=O) groups is 5. The van der Waals surface area contributed by atoms with Gasteiger partial charge in [-0.25, -0.2) is 9.59 Å². The van der Waals surface area contributed by atoms with Crippen molar-refractivity contribution in [3.63, 3.8) is 0 Å². The fourth-order valence-corrected chi connectivity index (χ4v) is 6.05. The van der Waals surface area contributed by atoms with Gasteiger partial charge in [0.05, 0.1) is 0 Å². The number of esters is 1. The lowest BCUT2D eigenvalue weighted by Gasteiger charge is -2.38. The van der Waals surface area contributed by atoms with E-state index in [1.807, 2.05) is 91.0 Å². The SMILES string of the molecule is CN(C(=O)[C@](C)(Cc1ccccc1)NC(=O)[C@H](Cc1ccccc1)NC(=O)OC(C)(C)C)[C@@H](CS)C(=O)N[C@@H](Cc1ccccc1)C(=O)OC(C)(C)C. The fraction of sp³-hybridized carbons (Fsp3) is 0.439. The molecule has 0 fully saturated rings. The van der Waals surface area contributed by atoms with Crippen molar-refractivity contribution in [2.45, 2.75) is 103 Å². The molecule has 0 aliphatic carbocycles. The summed E-state index contributed by atoms with van der Waals surface area (Å²) in [6.07, 6.45) is -0.452. The minimum Gasteiger partial charge on any atom is -0.458 e. The molecular formula is C41H54N4O7S. The molecule has 3 aromatic carbocycles. The lowest BCUT2D eigenvalue weighted by Crippen LogP contribution is -2.65. The van der Waals surface area contributed by atoms with Crippen LogP contribution in [0.4, 0.5) is 4.79 Å². The van der Waals surface area contributed by atoms with Crippen LogP contribution in [0, 0.1) is 0 Å². The van der Waals surface area contributed by atoms with E-state index in [4.69, 9.17) is 9.47 Å². The van der Waals surface area contributed by atoms with E-state index < -0.39 is 64.7 Å². The van der Waals surface area contributed by atoms with Crippen molar-refractivity contribution >= 4 is 42.4 Å². The Hall–Kier alpha value is -4.84. The summed E-state index contributed by atoms with van der Waals surface area (Å²) in [5.74, 6) is -2.54. The van der Waals surface area contributed by atoms with E-state index in [2.05, 4.69) is 28.6 Å². The fourth-order valence-electron chi connectivity index (χ4n) is 5.64. The molecule has 0 unspecified atom stereocenters. The molecule has 0 bridgehead atoms. The van der Waals surface area contributed by atoms with Gasteiger partial charge in [-0.15, -0.1) is 0 Å². The van der Waals surface area contributed by atoms with Gasteiger partial charge in [0.15, 0.2) is 0 Å². The number of carbonyl (C=O) groups excluding carboxylic acids is 5. The molecule has 0 radical (unpaired) electrons. The van der Waals surface area contributed by atoms with Crippen LogP contribution in [0.3, 0.4) is 0 Å². The Labute approximate surface area is 319 Å². The highest BCUT2D eigenvalue weighted by molar-refractivity contribution is 7.80. The molecule has 0 aliphatic rings. The highest BCUT2D eigenvalue weighted by atomic mass is 32.1. The number of ether oxygens (including phenoxy) is 2. The second kappa shape index (κ2) is 18.8. The maximum absolute atomic E-state index is 14.6. The van der Waals surface area contributed by atoms with Gasteiger partial charge in [0.25, 0.3) is 0 Å². The van der Waals surface area contributed by atoms with E-state index in [1.54, 1.807) is 48.5 Å². The number of likely N-dealkylation sites (N-methyl/N-ethyl adjacent to an activating group) is 1. The number of amides is 4. The second-order valence-corrected chi connectivity index (χ2v) is 15.6. The predicted molar refractivity (Wildman–Crippen MR) is 208 cm³/mol. The molecule has 53 heavy (non-hydrogen) atoms. The Morgan fingerprint density at radius 1 is 0.642 bits per heavy atom. The van der Waals surface area contributed by atoms with Gasteiger partial charge in [-0.05, 0) is 65.2 Å². The van der Waals surface area contributed by atoms with Crippen LogP contribution >= 0.6 is 12.6 Å². The van der Waals surface area contributed by atoms with E-state index >= 15 is 0 Å². The quantitative estimate of drug-likeness (QED) is 0.126. The van der Waals surface area contributed by atoms with Crippen LogP contribution < -0.4 is 16.0 Å². The minimum atomic E-state index is -1.60. The van der Waals surface area contributed by atoms with Gasteiger partial charge in [0.1, 0.15) is 34.9 Å². The molecule has 12 heteroatoms. The van der Waals surface area contributed by atoms with Gasteiger partial charge in [0.2, 0.25) is 17.7 Å². The van der Waals surface area contributed by atoms with Crippen LogP contribution in [-0.4, -0.2) is 82.4 Å². The van der Waals surface area contributed by atoms with Gasteiger partial charge in [-0.3, -0.25) is 14.4 Å². The number of alkyl carbamates (subject to hydrolysis) is 1. The predicted octanol–water partition coefficient (Wildman–Crippen LogP) is 5.07. The van der Waals surface area contributed by atoms with Crippen molar-refractivity contribution in [2.24, 2.45) is 0 Å². The maximum atomic E-state index is 14.6. The minimum absolute atomic E-state index is 0.0582. The molecule has 0 aliphatic heterocycles. The molecule has 0 spiro atoms. The van der Waals surface area contributed by atoms with Crippen LogP contribution in [0.15, 0.2) is 91.0 Å². The summed E-state index contributed by atoms with van der Waals surface area (Å²) in [7, 11) is 1.46. The highest BCUT2D eigenvalue weighted by Crippen LogP contribution is 2.20. The molecule has 3 N–H and O–H groups in total. The van der Waals surface area contributed by atoms with Crippen molar-refractivity contribution in [3.05, 3.63) is 108 Å². The number of benzene rings is 3. The number of hydrogen-bond donors (Lipinski definition) is 4. The second-order valence-electron chi connectivity index (χ2n) is 15.3. The molecule has 0 saturated carbocycles. The normalized spacial score (nSPS) is 14.4. The summed E-state index contributed by atoms with van der Waals surface area (Å²) in [5.41, 5.74) is -0.896. The zero-order valence-electron chi connectivity index (χ0n) is 32.0. The Morgan fingerprint density at radius 3 is 1.55 bits per heavy atom. The molecule has 0 aromatic heterocycles. The number of nitrogens with zero attached hydrogens (tertiary/aromatic N) is 1. The number of thiol groups is 1. The third-order valence-corrected chi connectivity index (χ3v) is 8.46. The van der Waals surface area contributed by atoms with E-state index in [-0.39, 0.29) is 25.0 Å². The highest BCUT2D eigenvalue weighted by Gasteiger charge is 2.42. The first kappa shape index (κ1) is 42.6. The topological polar surface area (TPSA) is 143 Å². The van der Waals surface area contributed by atoms with Crippen molar-refractivity contribution in [1.29, 1.82) is 0 Å². The zero-order valence-corrected chi connectivity index (χ0v) is 32.9. The van der Waals surface area contributed by atoms with Crippen LogP contribution in [0.2, 0.25) is 0 Å². The average molecular weight is 747 g/mol. The molecule has 4 amide bonds. The van der Waals surface area contributed by atoms with Gasteiger partial charge in [-0.1, -0.05) is 91.0 Å². The van der Waals surface area contributed by atoms with Gasteiger partial charge >= 0.3 is 12.1 Å². The Kier molecular flexibility index (Phi) is 15.1. The van der Waals surface area contributed by atoms with E-state index in [0.29, 0.717) is 0 Å². The molecule has 4 atom stereocenters. The lowest BCUT2D eigenvalue weighted by molar-refractivity contribution is -0.159. The van der Waals surface area contributed by atoms with Crippen molar-refractivity contribution in [3.8, 4) is 0 Å². The van der Waals surface area contributed by atoms with Gasteiger partial charge in [0, 0.05) is 32.1 Å². The first-order valence-electron chi connectivity index (χ1n) is 17.6. The first-order valence-corrected chi connectivity index (χ1v) is 18.3. The van der Waals surface area contributed by atoms with E-state index in [0.717, 1.165) is 16.7 Å². The Bertz CT molecular complexity index is 1680. The standard InChI is InChI=1S/C41H54N4O7S/c1-39(2,3)51-36(48)32(25-29-20-14-10-15-21-29)42-35(47)33(27-53)45(8)37(49)41(7,26-30-22-16-11-17-23-30)44-34(46)31(24-28-18-12-9-13-19-28)43-38(50)52-40(4,5)6/h9-23,31-33,53H,24-27H2,1-8H3,(H,42,47)(H,43,50)(H,44,46)/t31-,32-,33-,41-/m0/s1. The summed E-state index contributed by atoms with van der Waals surface area (Å²) in [4.78, 5) is 70.2. The van der Waals surface area contributed by atoms with Crippen molar-refractivity contribution < 1.29 is 33.4 Å². The maximum Gasteiger partial charge on any atom is 0.408 e. The Morgan fingerprint density at radius 2 is 1.09 bits per heavy atom. The van der Waals surface area contributed by atoms with Crippen LogP contribution in [0.25, 0.3) is 0 Å². The van der Waals surface area contributed by atoms with Crippen molar-refractivity contribution in [2.75, 3.05) is 12.8 Å². The van der Waals surface area contributed by atoms with Gasteiger partial charge in [-0.2, -0.15) is 12.6 Å². The summed E-state index contributed by atoms with van der Waals surface area (Å²) < 4.78 is 11.1. The first-order chi connectivity index (χ1) is 24.8. The molecule has 286 valence electrons. The zero-order chi connectivity index (χ0) is 39.4.